The van der Waals surface area contributed by atoms with Crippen molar-refractivity contribution in [2.45, 2.75) is 38.6 Å². The van der Waals surface area contributed by atoms with E-state index >= 15 is 0 Å². The van der Waals surface area contributed by atoms with Gasteiger partial charge in [-0.3, -0.25) is 4.57 Å². The third-order valence-electron chi connectivity index (χ3n) is 3.16. The van der Waals surface area contributed by atoms with Crippen molar-refractivity contribution in [2.75, 3.05) is 5.75 Å². The topological polar surface area (TPSA) is 49.3 Å². The van der Waals surface area contributed by atoms with E-state index in [1.165, 1.54) is 11.1 Å². The summed E-state index contributed by atoms with van der Waals surface area (Å²) in [4.78, 5) is 9.93. The van der Waals surface area contributed by atoms with Gasteiger partial charge in [-0.1, -0.05) is 42.6 Å². The Balaban J connectivity index is 2.09. The van der Waals surface area contributed by atoms with Crippen molar-refractivity contribution >= 4 is 18.1 Å². The maximum Gasteiger partial charge on any atom is 0.324 e. The Bertz CT molecular complexity index is 452. The van der Waals surface area contributed by atoms with Crippen LogP contribution in [0.3, 0.4) is 0 Å². The molecule has 2 N–H and O–H groups in total. The van der Waals surface area contributed by atoms with Gasteiger partial charge in [-0.15, -0.1) is 0 Å². The molecule has 3 nitrogen and oxygen atoms in total. The summed E-state index contributed by atoms with van der Waals surface area (Å²) in [7, 11) is 0. The van der Waals surface area contributed by atoms with Crippen LogP contribution in [0, 0.1) is 0 Å². The van der Waals surface area contributed by atoms with Crippen LogP contribution in [0.5, 0.6) is 0 Å². The van der Waals surface area contributed by atoms with E-state index in [0.717, 1.165) is 42.8 Å². The van der Waals surface area contributed by atoms with E-state index in [9.17, 15) is 9.46 Å². The Kier molecular flexibility index (Phi) is 4.91. The summed E-state index contributed by atoms with van der Waals surface area (Å²) in [5.41, 5.74) is 2.50. The van der Waals surface area contributed by atoms with Gasteiger partial charge in [0.2, 0.25) is 0 Å². The van der Waals surface area contributed by atoms with Crippen molar-refractivity contribution in [3.63, 3.8) is 0 Å². The molecule has 0 radical (unpaired) electrons. The molecule has 1 aliphatic rings. The standard InChI is InChI=1S/C13H20NO2PS/c1-2-10-18-17(15,16)14-13-9-5-7-11-6-3-4-8-12(11)13/h3-4,6,8,13H,2,5,7,9-10H2,1H3,(H2,14,15,16). The fraction of sp³-hybridized carbons (Fsp3) is 0.538. The number of fused-ring (bicyclic) bond motifs is 1. The monoisotopic (exact) mass is 285 g/mol. The predicted molar refractivity (Wildman–Crippen MR) is 77.8 cm³/mol. The molecule has 0 aliphatic heterocycles. The normalized spacial score (nSPS) is 22.2. The van der Waals surface area contributed by atoms with Crippen LogP contribution in [0.4, 0.5) is 0 Å². The maximum atomic E-state index is 12.1. The SMILES string of the molecule is CCCSP(=O)(O)NC1CCCc2ccccc21. The predicted octanol–water partition coefficient (Wildman–Crippen LogP) is 3.90. The third-order valence-corrected chi connectivity index (χ3v) is 6.65. The third kappa shape index (κ3) is 3.61. The van der Waals surface area contributed by atoms with Crippen molar-refractivity contribution in [1.29, 1.82) is 0 Å². The van der Waals surface area contributed by atoms with Crippen LogP contribution in [0.2, 0.25) is 0 Å². The molecule has 2 atom stereocenters. The molecule has 18 heavy (non-hydrogen) atoms. The van der Waals surface area contributed by atoms with Crippen molar-refractivity contribution in [3.8, 4) is 0 Å². The second kappa shape index (κ2) is 6.25. The molecule has 0 aromatic heterocycles. The van der Waals surface area contributed by atoms with Crippen LogP contribution < -0.4 is 5.09 Å². The molecule has 0 saturated carbocycles. The largest absolute Gasteiger partial charge is 0.326 e. The first-order valence-corrected chi connectivity index (χ1v) is 9.70. The molecule has 0 fully saturated rings. The Labute approximate surface area is 113 Å². The van der Waals surface area contributed by atoms with Gasteiger partial charge in [0.15, 0.2) is 0 Å². The van der Waals surface area contributed by atoms with Crippen molar-refractivity contribution < 1.29 is 9.46 Å². The quantitative estimate of drug-likeness (QED) is 0.806. The smallest absolute Gasteiger partial charge is 0.324 e. The van der Waals surface area contributed by atoms with Gasteiger partial charge in [0.05, 0.1) is 0 Å². The lowest BCUT2D eigenvalue weighted by Crippen LogP contribution is -2.22. The summed E-state index contributed by atoms with van der Waals surface area (Å²) in [5, 5.41) is 2.96. The highest BCUT2D eigenvalue weighted by atomic mass is 32.7. The van der Waals surface area contributed by atoms with E-state index < -0.39 is 6.72 Å². The first-order chi connectivity index (χ1) is 8.62. The molecule has 0 heterocycles. The van der Waals surface area contributed by atoms with E-state index in [2.05, 4.69) is 17.2 Å². The molecular formula is C13H20NO2PS. The van der Waals surface area contributed by atoms with Gasteiger partial charge in [-0.25, -0.2) is 5.09 Å². The van der Waals surface area contributed by atoms with Gasteiger partial charge in [0.25, 0.3) is 0 Å². The van der Waals surface area contributed by atoms with Crippen LogP contribution in [-0.2, 0) is 11.0 Å². The molecule has 0 amide bonds. The molecule has 1 aromatic rings. The zero-order valence-corrected chi connectivity index (χ0v) is 12.3. The molecule has 100 valence electrons. The first-order valence-electron chi connectivity index (χ1n) is 6.45. The summed E-state index contributed by atoms with van der Waals surface area (Å²) in [6.07, 6.45) is 4.01. The minimum Gasteiger partial charge on any atom is -0.326 e. The number of hydrogen-bond acceptors (Lipinski definition) is 2. The van der Waals surface area contributed by atoms with Crippen molar-refractivity contribution in [1.82, 2.24) is 5.09 Å². The van der Waals surface area contributed by atoms with Crippen LogP contribution >= 0.6 is 18.1 Å². The molecule has 2 unspecified atom stereocenters. The van der Waals surface area contributed by atoms with Gasteiger partial charge in [-0.05, 0) is 36.8 Å². The highest BCUT2D eigenvalue weighted by molar-refractivity contribution is 8.55. The number of rotatable bonds is 5. The van der Waals surface area contributed by atoms with Crippen molar-refractivity contribution in [2.24, 2.45) is 0 Å². The molecule has 2 rings (SSSR count). The van der Waals surface area contributed by atoms with Gasteiger partial charge in [0, 0.05) is 11.8 Å². The van der Waals surface area contributed by atoms with E-state index in [-0.39, 0.29) is 6.04 Å². The highest BCUT2D eigenvalue weighted by Gasteiger charge is 2.27. The lowest BCUT2D eigenvalue weighted by Gasteiger charge is -2.28. The van der Waals surface area contributed by atoms with Gasteiger partial charge < -0.3 is 4.89 Å². The van der Waals surface area contributed by atoms with E-state index in [0.29, 0.717) is 0 Å². The molecule has 1 aliphatic carbocycles. The fourth-order valence-corrected chi connectivity index (χ4v) is 5.40. The lowest BCUT2D eigenvalue weighted by atomic mass is 9.88. The van der Waals surface area contributed by atoms with Crippen LogP contribution in [0.15, 0.2) is 24.3 Å². The van der Waals surface area contributed by atoms with Gasteiger partial charge in [-0.2, -0.15) is 0 Å². The van der Waals surface area contributed by atoms with Gasteiger partial charge >= 0.3 is 6.72 Å². The Hall–Kier alpha value is -0.280. The summed E-state index contributed by atoms with van der Waals surface area (Å²) < 4.78 is 12.1. The van der Waals surface area contributed by atoms with Gasteiger partial charge in [0.1, 0.15) is 0 Å². The summed E-state index contributed by atoms with van der Waals surface area (Å²) in [6.45, 7) is -1.25. The van der Waals surface area contributed by atoms with E-state index in [4.69, 9.17) is 0 Å². The molecular weight excluding hydrogens is 265 g/mol. The summed E-state index contributed by atoms with van der Waals surface area (Å²) >= 11 is 1.15. The highest BCUT2D eigenvalue weighted by Crippen LogP contribution is 2.53. The van der Waals surface area contributed by atoms with E-state index in [1.807, 2.05) is 19.1 Å². The number of benzene rings is 1. The number of hydrogen-bond donors (Lipinski definition) is 2. The lowest BCUT2D eigenvalue weighted by molar-refractivity contribution is 0.450. The molecule has 1 aromatic carbocycles. The first kappa shape index (κ1) is 14.1. The van der Waals surface area contributed by atoms with Crippen LogP contribution in [0.25, 0.3) is 0 Å². The Morgan fingerprint density at radius 1 is 1.50 bits per heavy atom. The summed E-state index contributed by atoms with van der Waals surface area (Å²) in [6, 6.07) is 8.24. The van der Waals surface area contributed by atoms with Crippen LogP contribution in [-0.4, -0.2) is 10.6 Å². The zero-order chi connectivity index (χ0) is 13.0. The fourth-order valence-electron chi connectivity index (χ4n) is 2.34. The zero-order valence-electron chi connectivity index (χ0n) is 10.6. The molecule has 0 saturated heterocycles. The minimum absolute atomic E-state index is 0.0233. The number of nitrogens with one attached hydrogen (secondary N) is 1. The summed E-state index contributed by atoms with van der Waals surface area (Å²) in [5.74, 6) is 0.717. The number of aryl methyl sites for hydroxylation is 1. The van der Waals surface area contributed by atoms with Crippen LogP contribution in [0.1, 0.15) is 43.4 Å². The van der Waals surface area contributed by atoms with E-state index in [1.54, 1.807) is 0 Å². The second-order valence-electron chi connectivity index (χ2n) is 4.63. The van der Waals surface area contributed by atoms with Crippen molar-refractivity contribution in [3.05, 3.63) is 35.4 Å². The molecule has 0 spiro atoms. The molecule has 0 bridgehead atoms. The average molecular weight is 285 g/mol. The second-order valence-corrected chi connectivity index (χ2v) is 8.85. The Morgan fingerprint density at radius 2 is 2.28 bits per heavy atom. The maximum absolute atomic E-state index is 12.1. The Morgan fingerprint density at radius 3 is 3.06 bits per heavy atom. The average Bonchev–Trinajstić information content (AvgIpc) is 2.37. The molecule has 5 heteroatoms. The minimum atomic E-state index is -3.27.